The Labute approximate surface area is 200 Å². The quantitative estimate of drug-likeness (QED) is 0.296. The molecule has 0 bridgehead atoms. The number of nitrogens with one attached hydrogen (secondary N) is 1. The zero-order valence-electron chi connectivity index (χ0n) is 17.3. The summed E-state index contributed by atoms with van der Waals surface area (Å²) in [7, 11) is 0. The molecule has 1 amide bonds. The van der Waals surface area contributed by atoms with Crippen molar-refractivity contribution in [3.8, 4) is 22.5 Å². The van der Waals surface area contributed by atoms with Crippen molar-refractivity contribution >= 4 is 45.8 Å². The number of hydrogen-bond acceptors (Lipinski definition) is 3. The van der Waals surface area contributed by atoms with E-state index in [0.29, 0.717) is 32.3 Å². The van der Waals surface area contributed by atoms with Crippen molar-refractivity contribution in [2.24, 2.45) is 0 Å². The molecule has 1 aromatic heterocycles. The molecule has 4 aromatic carbocycles. The lowest BCUT2D eigenvalue weighted by Gasteiger charge is -2.12. The van der Waals surface area contributed by atoms with Crippen LogP contribution in [-0.4, -0.2) is 15.9 Å². The van der Waals surface area contributed by atoms with E-state index in [0.717, 1.165) is 22.5 Å². The number of fused-ring (bicyclic) bond motifs is 1. The zero-order chi connectivity index (χ0) is 22.8. The Hall–Kier alpha value is -3.73. The SMILES string of the molecule is O=C(Nc1ccc(Cl)c(Cl)c1)c1ccc2nc(-c3ccccc3)c(-c3ccccc3)nc2c1. The van der Waals surface area contributed by atoms with Crippen LogP contribution in [0.4, 0.5) is 5.69 Å². The van der Waals surface area contributed by atoms with Crippen molar-refractivity contribution in [2.75, 3.05) is 5.32 Å². The van der Waals surface area contributed by atoms with Crippen LogP contribution in [0.5, 0.6) is 0 Å². The molecule has 0 aliphatic carbocycles. The number of amides is 1. The molecule has 1 N–H and O–H groups in total. The Bertz CT molecular complexity index is 1470. The van der Waals surface area contributed by atoms with Crippen LogP contribution in [0.25, 0.3) is 33.5 Å². The minimum absolute atomic E-state index is 0.273. The van der Waals surface area contributed by atoms with Crippen LogP contribution >= 0.6 is 23.2 Å². The fourth-order valence-electron chi connectivity index (χ4n) is 3.57. The highest BCUT2D eigenvalue weighted by molar-refractivity contribution is 6.42. The summed E-state index contributed by atoms with van der Waals surface area (Å²) in [4.78, 5) is 22.7. The fourth-order valence-corrected chi connectivity index (χ4v) is 3.87. The van der Waals surface area contributed by atoms with Gasteiger partial charge in [0.05, 0.1) is 32.5 Å². The number of halogens is 2. The number of carbonyl (C=O) groups excluding carboxylic acids is 1. The van der Waals surface area contributed by atoms with Crippen molar-refractivity contribution in [3.63, 3.8) is 0 Å². The van der Waals surface area contributed by atoms with E-state index in [1.54, 1.807) is 30.3 Å². The second-order valence-corrected chi connectivity index (χ2v) is 8.25. The van der Waals surface area contributed by atoms with Gasteiger partial charge >= 0.3 is 0 Å². The number of anilines is 1. The summed E-state index contributed by atoms with van der Waals surface area (Å²) in [6, 6.07) is 30.1. The normalized spacial score (nSPS) is 10.8. The molecule has 0 aliphatic rings. The first kappa shape index (κ1) is 21.1. The lowest BCUT2D eigenvalue weighted by molar-refractivity contribution is 0.102. The molecular weight excluding hydrogens is 453 g/mol. The van der Waals surface area contributed by atoms with Crippen LogP contribution in [0, 0.1) is 0 Å². The second-order valence-electron chi connectivity index (χ2n) is 7.44. The van der Waals surface area contributed by atoms with Crippen LogP contribution < -0.4 is 5.32 Å². The van der Waals surface area contributed by atoms with Gasteiger partial charge in [-0.3, -0.25) is 4.79 Å². The number of hydrogen-bond donors (Lipinski definition) is 1. The van der Waals surface area contributed by atoms with Gasteiger partial charge in [-0.1, -0.05) is 83.9 Å². The first-order chi connectivity index (χ1) is 16.1. The van der Waals surface area contributed by atoms with Crippen LogP contribution in [0.1, 0.15) is 10.4 Å². The van der Waals surface area contributed by atoms with E-state index in [-0.39, 0.29) is 5.91 Å². The first-order valence-electron chi connectivity index (χ1n) is 10.3. The maximum atomic E-state index is 12.9. The zero-order valence-corrected chi connectivity index (χ0v) is 18.8. The molecule has 0 saturated heterocycles. The van der Waals surface area contributed by atoms with Crippen molar-refractivity contribution in [3.05, 3.63) is 113 Å². The average Bonchev–Trinajstić information content (AvgIpc) is 2.86. The number of benzene rings is 4. The predicted molar refractivity (Wildman–Crippen MR) is 135 cm³/mol. The van der Waals surface area contributed by atoms with E-state index in [9.17, 15) is 4.79 Å². The lowest BCUT2D eigenvalue weighted by atomic mass is 10.0. The van der Waals surface area contributed by atoms with E-state index < -0.39 is 0 Å². The summed E-state index contributed by atoms with van der Waals surface area (Å²) in [6.45, 7) is 0. The van der Waals surface area contributed by atoms with Gasteiger partial charge < -0.3 is 5.32 Å². The topological polar surface area (TPSA) is 54.9 Å². The van der Waals surface area contributed by atoms with Gasteiger partial charge in [0, 0.05) is 22.4 Å². The molecule has 5 aromatic rings. The highest BCUT2D eigenvalue weighted by Crippen LogP contribution is 2.31. The fraction of sp³-hybridized carbons (Fsp3) is 0. The van der Waals surface area contributed by atoms with E-state index in [1.165, 1.54) is 0 Å². The van der Waals surface area contributed by atoms with Crippen molar-refractivity contribution in [1.82, 2.24) is 9.97 Å². The number of aromatic nitrogens is 2. The Morgan fingerprint density at radius 3 is 1.85 bits per heavy atom. The third-order valence-corrected chi connectivity index (χ3v) is 5.94. The Balaban J connectivity index is 1.58. The van der Waals surface area contributed by atoms with E-state index in [4.69, 9.17) is 33.2 Å². The van der Waals surface area contributed by atoms with Crippen molar-refractivity contribution < 1.29 is 4.79 Å². The highest BCUT2D eigenvalue weighted by Gasteiger charge is 2.15. The van der Waals surface area contributed by atoms with Gasteiger partial charge in [0.25, 0.3) is 5.91 Å². The molecule has 0 saturated carbocycles. The third kappa shape index (κ3) is 4.44. The predicted octanol–water partition coefficient (Wildman–Crippen LogP) is 7.52. The van der Waals surface area contributed by atoms with Gasteiger partial charge in [0.15, 0.2) is 0 Å². The van der Waals surface area contributed by atoms with Gasteiger partial charge in [-0.15, -0.1) is 0 Å². The molecule has 160 valence electrons. The van der Waals surface area contributed by atoms with Gasteiger partial charge in [-0.05, 0) is 36.4 Å². The molecule has 6 heteroatoms. The van der Waals surface area contributed by atoms with Crippen LogP contribution in [0.2, 0.25) is 10.0 Å². The van der Waals surface area contributed by atoms with Crippen LogP contribution in [0.15, 0.2) is 97.1 Å². The Kier molecular flexibility index (Phi) is 5.78. The summed E-state index contributed by atoms with van der Waals surface area (Å²) in [5.41, 5.74) is 5.86. The molecule has 0 aliphatic heterocycles. The standard InChI is InChI=1S/C27H17Cl2N3O/c28-21-13-12-20(16-22(21)29)30-27(33)19-11-14-23-24(15-19)32-26(18-9-5-2-6-10-18)25(31-23)17-7-3-1-4-8-17/h1-16H,(H,30,33). The maximum absolute atomic E-state index is 12.9. The molecule has 0 unspecified atom stereocenters. The Morgan fingerprint density at radius 1 is 0.636 bits per heavy atom. The van der Waals surface area contributed by atoms with Gasteiger partial charge in [-0.2, -0.15) is 0 Å². The minimum atomic E-state index is -0.273. The second kappa shape index (κ2) is 9.02. The van der Waals surface area contributed by atoms with E-state index >= 15 is 0 Å². The summed E-state index contributed by atoms with van der Waals surface area (Å²) in [5.74, 6) is -0.273. The first-order valence-corrected chi connectivity index (χ1v) is 11.0. The summed E-state index contributed by atoms with van der Waals surface area (Å²) in [5, 5.41) is 3.65. The van der Waals surface area contributed by atoms with E-state index in [2.05, 4.69) is 5.32 Å². The Morgan fingerprint density at radius 2 is 1.24 bits per heavy atom. The third-order valence-electron chi connectivity index (χ3n) is 5.20. The van der Waals surface area contributed by atoms with Crippen molar-refractivity contribution in [2.45, 2.75) is 0 Å². The largest absolute Gasteiger partial charge is 0.322 e. The highest BCUT2D eigenvalue weighted by atomic mass is 35.5. The smallest absolute Gasteiger partial charge is 0.255 e. The minimum Gasteiger partial charge on any atom is -0.322 e. The van der Waals surface area contributed by atoms with Crippen LogP contribution in [-0.2, 0) is 0 Å². The maximum Gasteiger partial charge on any atom is 0.255 e. The molecular formula is C27H17Cl2N3O. The molecule has 0 radical (unpaired) electrons. The van der Waals surface area contributed by atoms with Crippen LogP contribution in [0.3, 0.4) is 0 Å². The van der Waals surface area contributed by atoms with Gasteiger partial charge in [-0.25, -0.2) is 9.97 Å². The molecule has 0 fully saturated rings. The number of rotatable bonds is 4. The molecule has 1 heterocycles. The molecule has 5 rings (SSSR count). The monoisotopic (exact) mass is 469 g/mol. The van der Waals surface area contributed by atoms with Gasteiger partial charge in [0.1, 0.15) is 0 Å². The summed E-state index contributed by atoms with van der Waals surface area (Å²) >= 11 is 12.0. The van der Waals surface area contributed by atoms with Crippen molar-refractivity contribution in [1.29, 1.82) is 0 Å². The number of carbonyl (C=O) groups is 1. The molecule has 4 nitrogen and oxygen atoms in total. The molecule has 0 spiro atoms. The molecule has 0 atom stereocenters. The van der Waals surface area contributed by atoms with E-state index in [1.807, 2.05) is 66.7 Å². The lowest BCUT2D eigenvalue weighted by Crippen LogP contribution is -2.12. The summed E-state index contributed by atoms with van der Waals surface area (Å²) < 4.78 is 0. The number of nitrogens with zero attached hydrogens (tertiary/aromatic N) is 2. The molecule has 33 heavy (non-hydrogen) atoms. The summed E-state index contributed by atoms with van der Waals surface area (Å²) in [6.07, 6.45) is 0. The average molecular weight is 470 g/mol. The van der Waals surface area contributed by atoms with Gasteiger partial charge in [0.2, 0.25) is 0 Å².